The summed E-state index contributed by atoms with van der Waals surface area (Å²) < 4.78 is 5.79. The zero-order chi connectivity index (χ0) is 17.6. The van der Waals surface area contributed by atoms with Crippen molar-refractivity contribution in [3.05, 3.63) is 11.6 Å². The fourth-order valence-corrected chi connectivity index (χ4v) is 6.61. The maximum atomic E-state index is 11.9. The number of rotatable bonds is 2. The second kappa shape index (κ2) is 6.31. The number of fused-ring (bicyclic) bond motifs is 5. The van der Waals surface area contributed by atoms with Crippen LogP contribution in [-0.4, -0.2) is 17.9 Å². The van der Waals surface area contributed by atoms with Gasteiger partial charge in [0.05, 0.1) is 0 Å². The summed E-state index contributed by atoms with van der Waals surface area (Å²) in [6.45, 7) is 2.34. The molecule has 134 valence electrons. The fourth-order valence-electron chi connectivity index (χ4n) is 6.61. The van der Waals surface area contributed by atoms with Gasteiger partial charge in [-0.2, -0.15) is 0 Å². The van der Waals surface area contributed by atoms with E-state index in [1.807, 2.05) is 6.08 Å². The van der Waals surface area contributed by atoms with Crippen molar-refractivity contribution in [2.24, 2.45) is 29.1 Å². The molecule has 0 amide bonds. The van der Waals surface area contributed by atoms with E-state index in [2.05, 4.69) is 12.8 Å². The molecule has 0 aromatic carbocycles. The van der Waals surface area contributed by atoms with E-state index in [1.54, 1.807) is 0 Å². The van der Waals surface area contributed by atoms with Crippen LogP contribution in [0.2, 0.25) is 0 Å². The first-order chi connectivity index (χ1) is 12.0. The third-order valence-electron chi connectivity index (χ3n) is 7.73. The van der Waals surface area contributed by atoms with Gasteiger partial charge < -0.3 is 4.74 Å². The highest BCUT2D eigenvalue weighted by Gasteiger charge is 2.57. The summed E-state index contributed by atoms with van der Waals surface area (Å²) in [6.07, 6.45) is 15.9. The van der Waals surface area contributed by atoms with Gasteiger partial charge in [0.1, 0.15) is 12.5 Å². The number of terminal acetylenes is 1. The second-order valence-electron chi connectivity index (χ2n) is 8.78. The highest BCUT2D eigenvalue weighted by atomic mass is 16.5. The Morgan fingerprint density at radius 1 is 1.24 bits per heavy atom. The number of carbonyl (C=O) groups excluding carboxylic acids is 2. The number of ketones is 1. The van der Waals surface area contributed by atoms with Gasteiger partial charge in [0.2, 0.25) is 0 Å². The van der Waals surface area contributed by atoms with E-state index in [-0.39, 0.29) is 23.9 Å². The second-order valence-corrected chi connectivity index (χ2v) is 8.78. The summed E-state index contributed by atoms with van der Waals surface area (Å²) in [5.74, 6) is 5.21. The number of esters is 1. The van der Waals surface area contributed by atoms with Crippen molar-refractivity contribution in [3.63, 3.8) is 0 Å². The molecule has 3 heteroatoms. The predicted octanol–water partition coefficient (Wildman–Crippen LogP) is 4.06. The van der Waals surface area contributed by atoms with Gasteiger partial charge in [-0.25, -0.2) is 0 Å². The van der Waals surface area contributed by atoms with E-state index in [0.717, 1.165) is 50.4 Å². The van der Waals surface area contributed by atoms with Crippen molar-refractivity contribution in [3.8, 4) is 12.3 Å². The van der Waals surface area contributed by atoms with Crippen molar-refractivity contribution in [1.29, 1.82) is 0 Å². The largest absolute Gasteiger partial charge is 0.461 e. The topological polar surface area (TPSA) is 43.4 Å². The third-order valence-corrected chi connectivity index (χ3v) is 7.73. The van der Waals surface area contributed by atoms with E-state index in [0.29, 0.717) is 17.6 Å². The Bertz CT molecular complexity index is 655. The summed E-state index contributed by atoms with van der Waals surface area (Å²) in [6, 6.07) is 0. The van der Waals surface area contributed by atoms with Crippen LogP contribution in [0.1, 0.15) is 64.7 Å². The zero-order valence-corrected chi connectivity index (χ0v) is 15.1. The summed E-state index contributed by atoms with van der Waals surface area (Å²) in [7, 11) is 0. The summed E-state index contributed by atoms with van der Waals surface area (Å²) in [4.78, 5) is 23.7. The van der Waals surface area contributed by atoms with Gasteiger partial charge in [-0.15, -0.1) is 6.42 Å². The molecule has 4 aliphatic carbocycles. The van der Waals surface area contributed by atoms with Crippen molar-refractivity contribution >= 4 is 11.8 Å². The van der Waals surface area contributed by atoms with Crippen LogP contribution < -0.4 is 0 Å². The van der Waals surface area contributed by atoms with Gasteiger partial charge in [0, 0.05) is 11.8 Å². The van der Waals surface area contributed by atoms with E-state index in [1.165, 1.54) is 18.4 Å². The molecule has 6 atom stereocenters. The van der Waals surface area contributed by atoms with Gasteiger partial charge in [0.25, 0.3) is 0 Å². The normalized spacial score (nSPS) is 42.5. The predicted molar refractivity (Wildman–Crippen MR) is 95.4 cm³/mol. The van der Waals surface area contributed by atoms with Gasteiger partial charge in [-0.05, 0) is 74.7 Å². The molecule has 0 aromatic rings. The molecule has 0 radical (unpaired) electrons. The fraction of sp³-hybridized carbons (Fsp3) is 0.727. The van der Waals surface area contributed by atoms with Crippen molar-refractivity contribution in [2.75, 3.05) is 0 Å². The molecule has 3 fully saturated rings. The smallest absolute Gasteiger partial charge is 0.318 e. The molecule has 0 spiro atoms. The van der Waals surface area contributed by atoms with Crippen LogP contribution in [0.15, 0.2) is 11.6 Å². The molecule has 3 saturated carbocycles. The van der Waals surface area contributed by atoms with Crippen molar-refractivity contribution in [1.82, 2.24) is 0 Å². The standard InChI is InChI=1S/C22H28O3/c1-3-4-21(24)25-20-10-9-19-18-7-5-14-13-15(23)6-8-16(14)17(18)11-12-22(19,20)2/h1,13,16-20H,4-12H2,2H3/t16-,17+,18+,19-,20?,22-/m0/s1. The van der Waals surface area contributed by atoms with Crippen molar-refractivity contribution < 1.29 is 14.3 Å². The van der Waals surface area contributed by atoms with E-state index in [9.17, 15) is 9.59 Å². The van der Waals surface area contributed by atoms with Crippen LogP contribution in [-0.2, 0) is 14.3 Å². The summed E-state index contributed by atoms with van der Waals surface area (Å²) >= 11 is 0. The lowest BCUT2D eigenvalue weighted by Gasteiger charge is -2.53. The number of hydrogen-bond donors (Lipinski definition) is 0. The lowest BCUT2D eigenvalue weighted by atomic mass is 9.52. The Balaban J connectivity index is 1.52. The zero-order valence-electron chi connectivity index (χ0n) is 15.1. The van der Waals surface area contributed by atoms with Crippen LogP contribution in [0.5, 0.6) is 0 Å². The first-order valence-corrected chi connectivity index (χ1v) is 9.89. The molecule has 0 N–H and O–H groups in total. The molecular weight excluding hydrogens is 312 g/mol. The molecule has 4 aliphatic rings. The van der Waals surface area contributed by atoms with Crippen LogP contribution in [0.4, 0.5) is 0 Å². The Morgan fingerprint density at radius 3 is 2.88 bits per heavy atom. The maximum absolute atomic E-state index is 11.9. The lowest BCUT2D eigenvalue weighted by Crippen LogP contribution is -2.48. The van der Waals surface area contributed by atoms with Crippen LogP contribution in [0.25, 0.3) is 0 Å². The van der Waals surface area contributed by atoms with Gasteiger partial charge >= 0.3 is 5.97 Å². The number of ether oxygens (including phenoxy) is 1. The Hall–Kier alpha value is -1.56. The van der Waals surface area contributed by atoms with Crippen molar-refractivity contribution in [2.45, 2.75) is 70.8 Å². The molecule has 25 heavy (non-hydrogen) atoms. The lowest BCUT2D eigenvalue weighted by molar-refractivity contribution is -0.157. The van der Waals surface area contributed by atoms with Crippen LogP contribution in [0.3, 0.4) is 0 Å². The molecule has 0 aliphatic heterocycles. The number of hydrogen-bond acceptors (Lipinski definition) is 3. The molecular formula is C22H28O3. The SMILES string of the molecule is C#CCC(=O)OC1CC[C@H]2[C@@H]3CCC4=CC(=O)CC[C@@H]4[C@H]3CC[C@]12C. The molecule has 0 aromatic heterocycles. The summed E-state index contributed by atoms with van der Waals surface area (Å²) in [5.41, 5.74) is 1.54. The minimum Gasteiger partial charge on any atom is -0.461 e. The minimum absolute atomic E-state index is 0.0316. The molecule has 0 bridgehead atoms. The Kier molecular flexibility index (Phi) is 4.26. The monoisotopic (exact) mass is 340 g/mol. The molecule has 1 unspecified atom stereocenters. The van der Waals surface area contributed by atoms with Crippen LogP contribution >= 0.6 is 0 Å². The van der Waals surface area contributed by atoms with Gasteiger partial charge in [0.15, 0.2) is 5.78 Å². The minimum atomic E-state index is -0.240. The quantitative estimate of drug-likeness (QED) is 0.562. The first kappa shape index (κ1) is 16.9. The molecule has 0 saturated heterocycles. The summed E-state index contributed by atoms with van der Waals surface area (Å²) in [5, 5.41) is 0. The highest BCUT2D eigenvalue weighted by Crippen LogP contribution is 2.62. The average Bonchev–Trinajstić information content (AvgIpc) is 2.91. The van der Waals surface area contributed by atoms with E-state index >= 15 is 0 Å². The Labute approximate surface area is 150 Å². The highest BCUT2D eigenvalue weighted by molar-refractivity contribution is 5.91. The maximum Gasteiger partial charge on any atom is 0.318 e. The average molecular weight is 340 g/mol. The molecule has 3 nitrogen and oxygen atoms in total. The van der Waals surface area contributed by atoms with E-state index in [4.69, 9.17) is 11.2 Å². The first-order valence-electron chi connectivity index (χ1n) is 9.89. The molecule has 4 rings (SSSR count). The number of allylic oxidation sites excluding steroid dienone is 1. The van der Waals surface area contributed by atoms with Gasteiger partial charge in [-0.3, -0.25) is 9.59 Å². The van der Waals surface area contributed by atoms with Crippen LogP contribution in [0, 0.1) is 41.4 Å². The molecule has 0 heterocycles. The third kappa shape index (κ3) is 2.75. The van der Waals surface area contributed by atoms with E-state index < -0.39 is 0 Å². The van der Waals surface area contributed by atoms with Gasteiger partial charge in [-0.1, -0.05) is 18.4 Å². The number of carbonyl (C=O) groups is 2. The Morgan fingerprint density at radius 2 is 2.08 bits per heavy atom.